The molecule has 1 aromatic carbocycles. The predicted octanol–water partition coefficient (Wildman–Crippen LogP) is 2.48. The normalized spacial score (nSPS) is 14.4. The number of nitrogens with one attached hydrogen (secondary N) is 1. The second-order valence-corrected chi connectivity index (χ2v) is 6.24. The highest BCUT2D eigenvalue weighted by Crippen LogP contribution is 2.30. The van der Waals surface area contributed by atoms with E-state index in [-0.39, 0.29) is 16.7 Å². The first-order valence-corrected chi connectivity index (χ1v) is 7.43. The van der Waals surface area contributed by atoms with Crippen LogP contribution in [0.2, 0.25) is 0 Å². The molecule has 1 N–H and O–H groups in total. The minimum atomic E-state index is -4.54. The summed E-state index contributed by atoms with van der Waals surface area (Å²) in [5, 5.41) is 2.82. The maximum atomic E-state index is 12.5. The van der Waals surface area contributed by atoms with Gasteiger partial charge in [0.15, 0.2) is 9.84 Å². The van der Waals surface area contributed by atoms with E-state index in [1.165, 1.54) is 6.07 Å². The lowest BCUT2D eigenvalue weighted by Gasteiger charge is -2.15. The second-order valence-electron chi connectivity index (χ2n) is 4.20. The zero-order chi connectivity index (χ0) is 14.7. The number of hydrogen-bond donors (Lipinski definition) is 1. The van der Waals surface area contributed by atoms with Crippen molar-refractivity contribution in [2.75, 3.05) is 12.8 Å². The van der Waals surface area contributed by atoms with Gasteiger partial charge in [0, 0.05) is 6.04 Å². The summed E-state index contributed by atoms with van der Waals surface area (Å²) in [7, 11) is -2.11. The molecular weight excluding hydrogens is 279 g/mol. The summed E-state index contributed by atoms with van der Waals surface area (Å²) >= 11 is 0. The molecule has 0 heterocycles. The van der Waals surface area contributed by atoms with Crippen molar-refractivity contribution in [3.8, 4) is 0 Å². The van der Waals surface area contributed by atoms with Crippen LogP contribution in [0.4, 0.5) is 13.2 Å². The zero-order valence-corrected chi connectivity index (χ0v) is 11.5. The Morgan fingerprint density at radius 3 is 2.42 bits per heavy atom. The van der Waals surface area contributed by atoms with Crippen molar-refractivity contribution < 1.29 is 21.6 Å². The smallest absolute Gasteiger partial charge is 0.316 e. The van der Waals surface area contributed by atoms with E-state index in [1.807, 2.05) is 6.92 Å². The highest BCUT2D eigenvalue weighted by molar-refractivity contribution is 7.91. The molecule has 0 aromatic heterocycles. The van der Waals surface area contributed by atoms with E-state index in [1.54, 1.807) is 7.05 Å². The zero-order valence-electron chi connectivity index (χ0n) is 10.7. The van der Waals surface area contributed by atoms with Crippen LogP contribution in [0, 0.1) is 0 Å². The molecule has 0 amide bonds. The largest absolute Gasteiger partial charge is 0.416 e. The van der Waals surface area contributed by atoms with Gasteiger partial charge in [0.1, 0.15) is 0 Å². The van der Waals surface area contributed by atoms with Crippen LogP contribution in [-0.2, 0) is 16.0 Å². The predicted molar refractivity (Wildman–Crippen MR) is 66.6 cm³/mol. The molecule has 1 unspecified atom stereocenters. The number of hydrogen-bond acceptors (Lipinski definition) is 3. The third-order valence-corrected chi connectivity index (χ3v) is 4.66. The lowest BCUT2D eigenvalue weighted by Crippen LogP contribution is -2.32. The van der Waals surface area contributed by atoms with E-state index in [2.05, 4.69) is 5.32 Å². The lowest BCUT2D eigenvalue weighted by atomic mass is 10.2. The average Bonchev–Trinajstić information content (AvgIpc) is 2.35. The van der Waals surface area contributed by atoms with E-state index in [4.69, 9.17) is 0 Å². The first-order chi connectivity index (χ1) is 8.70. The number of rotatable bonds is 5. The Balaban J connectivity index is 3.09. The van der Waals surface area contributed by atoms with Crippen LogP contribution >= 0.6 is 0 Å². The van der Waals surface area contributed by atoms with Crippen LogP contribution in [0.3, 0.4) is 0 Å². The lowest BCUT2D eigenvalue weighted by molar-refractivity contribution is -0.137. The van der Waals surface area contributed by atoms with E-state index >= 15 is 0 Å². The summed E-state index contributed by atoms with van der Waals surface area (Å²) in [6, 6.07) is 3.55. The molecule has 0 aliphatic heterocycles. The van der Waals surface area contributed by atoms with Crippen LogP contribution in [0.25, 0.3) is 0 Å². The highest BCUT2D eigenvalue weighted by Gasteiger charge is 2.31. The van der Waals surface area contributed by atoms with Crippen LogP contribution in [-0.4, -0.2) is 27.3 Å². The van der Waals surface area contributed by atoms with E-state index in [0.29, 0.717) is 12.5 Å². The molecule has 1 rings (SSSR count). The Labute approximate surface area is 110 Å². The van der Waals surface area contributed by atoms with Crippen LogP contribution in [0.15, 0.2) is 29.2 Å². The molecule has 0 radical (unpaired) electrons. The molecule has 0 aliphatic rings. The summed E-state index contributed by atoms with van der Waals surface area (Å²) in [4.78, 5) is -0.295. The molecule has 1 aromatic rings. The number of benzene rings is 1. The van der Waals surface area contributed by atoms with Crippen molar-refractivity contribution in [2.24, 2.45) is 0 Å². The first kappa shape index (κ1) is 16.0. The third kappa shape index (κ3) is 4.21. The molecule has 3 nitrogen and oxygen atoms in total. The standard InChI is InChI=1S/C12H16F3NO2S/c1-3-10(16-2)8-19(17,18)11-6-4-5-9(7-11)12(13,14)15/h4-7,10,16H,3,8H2,1-2H3. The molecule has 1 atom stereocenters. The Kier molecular flexibility index (Phi) is 4.98. The van der Waals surface area contributed by atoms with Gasteiger partial charge in [0.25, 0.3) is 0 Å². The summed E-state index contributed by atoms with van der Waals surface area (Å²) in [5.41, 5.74) is -0.953. The van der Waals surface area contributed by atoms with Crippen LogP contribution < -0.4 is 5.32 Å². The molecule has 0 saturated carbocycles. The molecule has 0 saturated heterocycles. The fourth-order valence-electron chi connectivity index (χ4n) is 1.63. The summed E-state index contributed by atoms with van der Waals surface area (Å²) in [5.74, 6) is -0.221. The van der Waals surface area contributed by atoms with Gasteiger partial charge in [-0.05, 0) is 31.7 Å². The Hall–Kier alpha value is -1.08. The van der Waals surface area contributed by atoms with Crippen molar-refractivity contribution in [1.29, 1.82) is 0 Å². The van der Waals surface area contributed by atoms with Gasteiger partial charge in [0.05, 0.1) is 16.2 Å². The Morgan fingerprint density at radius 1 is 1.32 bits per heavy atom. The molecule has 108 valence electrons. The van der Waals surface area contributed by atoms with Gasteiger partial charge in [-0.15, -0.1) is 0 Å². The van der Waals surface area contributed by atoms with Gasteiger partial charge >= 0.3 is 6.18 Å². The fraction of sp³-hybridized carbons (Fsp3) is 0.500. The molecule has 7 heteroatoms. The molecule has 19 heavy (non-hydrogen) atoms. The third-order valence-electron chi connectivity index (χ3n) is 2.84. The fourth-order valence-corrected chi connectivity index (χ4v) is 3.35. The Bertz CT molecular complexity index is 522. The minimum absolute atomic E-state index is 0.221. The summed E-state index contributed by atoms with van der Waals surface area (Å²) in [6.07, 6.45) is -3.96. The van der Waals surface area contributed by atoms with Crippen molar-refractivity contribution in [3.05, 3.63) is 29.8 Å². The van der Waals surface area contributed by atoms with Crippen molar-refractivity contribution in [3.63, 3.8) is 0 Å². The minimum Gasteiger partial charge on any atom is -0.316 e. The van der Waals surface area contributed by atoms with Crippen molar-refractivity contribution in [1.82, 2.24) is 5.32 Å². The van der Waals surface area contributed by atoms with E-state index in [9.17, 15) is 21.6 Å². The quantitative estimate of drug-likeness (QED) is 0.907. The topological polar surface area (TPSA) is 46.2 Å². The number of halogens is 3. The van der Waals surface area contributed by atoms with Crippen molar-refractivity contribution in [2.45, 2.75) is 30.5 Å². The van der Waals surface area contributed by atoms with E-state index in [0.717, 1.165) is 12.1 Å². The highest BCUT2D eigenvalue weighted by atomic mass is 32.2. The van der Waals surface area contributed by atoms with Gasteiger partial charge in [-0.25, -0.2) is 8.42 Å². The molecular formula is C12H16F3NO2S. The maximum Gasteiger partial charge on any atom is 0.416 e. The van der Waals surface area contributed by atoms with E-state index < -0.39 is 21.6 Å². The maximum absolute atomic E-state index is 12.5. The molecule has 0 spiro atoms. The molecule has 0 aliphatic carbocycles. The second kappa shape index (κ2) is 5.92. The average molecular weight is 295 g/mol. The van der Waals surface area contributed by atoms with Gasteiger partial charge in [-0.3, -0.25) is 0 Å². The number of alkyl halides is 3. The van der Waals surface area contributed by atoms with Crippen LogP contribution in [0.5, 0.6) is 0 Å². The Morgan fingerprint density at radius 2 is 1.95 bits per heavy atom. The summed E-state index contributed by atoms with van der Waals surface area (Å²) < 4.78 is 61.7. The molecule has 0 fully saturated rings. The molecule has 0 bridgehead atoms. The SMILES string of the molecule is CCC(CS(=O)(=O)c1cccc(C(F)(F)F)c1)NC. The van der Waals surface area contributed by atoms with Crippen LogP contribution in [0.1, 0.15) is 18.9 Å². The monoisotopic (exact) mass is 295 g/mol. The van der Waals surface area contributed by atoms with Crippen molar-refractivity contribution >= 4 is 9.84 Å². The first-order valence-electron chi connectivity index (χ1n) is 5.78. The van der Waals surface area contributed by atoms with Gasteiger partial charge in [0.2, 0.25) is 0 Å². The van der Waals surface area contributed by atoms with Gasteiger partial charge in [-0.1, -0.05) is 13.0 Å². The summed E-state index contributed by atoms with van der Waals surface area (Å²) in [6.45, 7) is 1.81. The number of sulfone groups is 1. The van der Waals surface area contributed by atoms with Gasteiger partial charge in [-0.2, -0.15) is 13.2 Å². The van der Waals surface area contributed by atoms with Gasteiger partial charge < -0.3 is 5.32 Å².